The lowest BCUT2D eigenvalue weighted by atomic mass is 9.91. The summed E-state index contributed by atoms with van der Waals surface area (Å²) < 4.78 is 0. The van der Waals surface area contributed by atoms with Gasteiger partial charge in [0.1, 0.15) is 6.26 Å². The van der Waals surface area contributed by atoms with Crippen LogP contribution in [0.1, 0.15) is 27.7 Å². The van der Waals surface area contributed by atoms with E-state index >= 15 is 0 Å². The van der Waals surface area contributed by atoms with Crippen molar-refractivity contribution in [2.75, 3.05) is 0 Å². The third-order valence-electron chi connectivity index (χ3n) is 1.35. The predicted molar refractivity (Wildman–Crippen MR) is 43.8 cm³/mol. The number of hydrogen-bond donors (Lipinski definition) is 0. The third-order valence-corrected chi connectivity index (χ3v) is 1.35. The third kappa shape index (κ3) is 3.28. The van der Waals surface area contributed by atoms with Crippen LogP contribution in [0.15, 0.2) is 18.0 Å². The molecule has 0 aliphatic heterocycles. The second kappa shape index (κ2) is 3.40. The van der Waals surface area contributed by atoms with E-state index in [4.69, 9.17) is 0 Å². The van der Waals surface area contributed by atoms with Crippen molar-refractivity contribution in [3.05, 3.63) is 12.8 Å². The Balaban J connectivity index is 4.05. The van der Waals surface area contributed by atoms with Crippen molar-refractivity contribution in [2.24, 2.45) is 10.6 Å². The fraction of sp³-hybridized carbons (Fsp3) is 0.625. The molecule has 58 valence electrons. The Bertz CT molecular complexity index is 142. The maximum absolute atomic E-state index is 4.67. The zero-order valence-corrected chi connectivity index (χ0v) is 7.14. The van der Waals surface area contributed by atoms with Gasteiger partial charge in [0.2, 0.25) is 0 Å². The number of oxime groups is 1. The summed E-state index contributed by atoms with van der Waals surface area (Å²) in [5.74, 6) is 0. The number of hydrogen-bond acceptors (Lipinski definition) is 2. The van der Waals surface area contributed by atoms with Gasteiger partial charge in [-0.1, -0.05) is 32.5 Å². The number of rotatable bonds is 2. The van der Waals surface area contributed by atoms with E-state index in [9.17, 15) is 0 Å². The van der Waals surface area contributed by atoms with Gasteiger partial charge < -0.3 is 4.84 Å². The summed E-state index contributed by atoms with van der Waals surface area (Å²) in [7, 11) is 0. The molecule has 0 heterocycles. The van der Waals surface area contributed by atoms with Crippen molar-refractivity contribution in [2.45, 2.75) is 27.7 Å². The van der Waals surface area contributed by atoms with Gasteiger partial charge in [-0.25, -0.2) is 0 Å². The first-order valence-electron chi connectivity index (χ1n) is 3.30. The Morgan fingerprint density at radius 3 is 2.30 bits per heavy atom. The largest absolute Gasteiger partial charge is 0.366 e. The van der Waals surface area contributed by atoms with E-state index in [-0.39, 0.29) is 5.41 Å². The van der Waals surface area contributed by atoms with Gasteiger partial charge in [-0.3, -0.25) is 0 Å². The van der Waals surface area contributed by atoms with Crippen LogP contribution >= 0.6 is 0 Å². The summed E-state index contributed by atoms with van der Waals surface area (Å²) in [6.45, 7) is 11.6. The second-order valence-electron chi connectivity index (χ2n) is 3.20. The van der Waals surface area contributed by atoms with Crippen molar-refractivity contribution in [3.8, 4) is 0 Å². The molecule has 2 heteroatoms. The van der Waals surface area contributed by atoms with Gasteiger partial charge in [0, 0.05) is 5.41 Å². The summed E-state index contributed by atoms with van der Waals surface area (Å²) in [5, 5.41) is 3.81. The van der Waals surface area contributed by atoms with Gasteiger partial charge in [-0.15, -0.1) is 0 Å². The van der Waals surface area contributed by atoms with Crippen LogP contribution in [-0.4, -0.2) is 5.71 Å². The molecule has 0 radical (unpaired) electrons. The maximum Gasteiger partial charge on any atom is 0.114 e. The van der Waals surface area contributed by atoms with E-state index in [1.807, 2.05) is 6.92 Å². The summed E-state index contributed by atoms with van der Waals surface area (Å²) in [4.78, 5) is 4.67. The Hall–Kier alpha value is -0.790. The topological polar surface area (TPSA) is 21.6 Å². The van der Waals surface area contributed by atoms with Crippen LogP contribution in [0.25, 0.3) is 0 Å². The smallest absolute Gasteiger partial charge is 0.114 e. The van der Waals surface area contributed by atoms with E-state index in [1.54, 1.807) is 0 Å². The minimum atomic E-state index is 0.0863. The molecule has 0 aliphatic carbocycles. The lowest BCUT2D eigenvalue weighted by Gasteiger charge is -2.16. The molecule has 0 aromatic heterocycles. The fourth-order valence-corrected chi connectivity index (χ4v) is 0.253. The molecule has 0 N–H and O–H groups in total. The van der Waals surface area contributed by atoms with E-state index in [0.29, 0.717) is 0 Å². The SMILES string of the molecule is C=CO/N=C(/C)C(C)(C)C. The summed E-state index contributed by atoms with van der Waals surface area (Å²) in [6, 6.07) is 0. The Morgan fingerprint density at radius 2 is 2.00 bits per heavy atom. The van der Waals surface area contributed by atoms with Crippen molar-refractivity contribution in [3.63, 3.8) is 0 Å². The van der Waals surface area contributed by atoms with Crippen LogP contribution in [0.2, 0.25) is 0 Å². The van der Waals surface area contributed by atoms with Crippen molar-refractivity contribution in [1.29, 1.82) is 0 Å². The van der Waals surface area contributed by atoms with Crippen LogP contribution in [0.4, 0.5) is 0 Å². The maximum atomic E-state index is 4.67. The van der Waals surface area contributed by atoms with Crippen molar-refractivity contribution < 1.29 is 4.84 Å². The zero-order chi connectivity index (χ0) is 8.20. The highest BCUT2D eigenvalue weighted by atomic mass is 16.6. The molecule has 0 atom stereocenters. The molecule has 0 amide bonds. The molecular weight excluding hydrogens is 126 g/mol. The molecule has 0 saturated heterocycles. The van der Waals surface area contributed by atoms with E-state index < -0.39 is 0 Å². The van der Waals surface area contributed by atoms with Gasteiger partial charge in [0.25, 0.3) is 0 Å². The van der Waals surface area contributed by atoms with Gasteiger partial charge >= 0.3 is 0 Å². The highest BCUT2D eigenvalue weighted by Crippen LogP contribution is 2.15. The lowest BCUT2D eigenvalue weighted by Crippen LogP contribution is -2.16. The minimum absolute atomic E-state index is 0.0863. The fourth-order valence-electron chi connectivity index (χ4n) is 0.253. The molecule has 0 aromatic carbocycles. The second-order valence-corrected chi connectivity index (χ2v) is 3.20. The molecule has 0 bridgehead atoms. The van der Waals surface area contributed by atoms with E-state index in [2.05, 4.69) is 37.3 Å². The zero-order valence-electron chi connectivity index (χ0n) is 7.14. The molecule has 10 heavy (non-hydrogen) atoms. The van der Waals surface area contributed by atoms with E-state index in [1.165, 1.54) is 6.26 Å². The molecule has 0 aliphatic rings. The molecule has 0 rings (SSSR count). The minimum Gasteiger partial charge on any atom is -0.366 e. The Morgan fingerprint density at radius 1 is 1.50 bits per heavy atom. The van der Waals surface area contributed by atoms with Gasteiger partial charge in [-0.05, 0) is 6.92 Å². The van der Waals surface area contributed by atoms with E-state index in [0.717, 1.165) is 5.71 Å². The first-order valence-corrected chi connectivity index (χ1v) is 3.30. The van der Waals surface area contributed by atoms with Crippen LogP contribution < -0.4 is 0 Å². The number of nitrogens with zero attached hydrogens (tertiary/aromatic N) is 1. The molecule has 0 spiro atoms. The molecule has 0 saturated carbocycles. The Labute approximate surface area is 62.6 Å². The summed E-state index contributed by atoms with van der Waals surface area (Å²) >= 11 is 0. The molecule has 0 aromatic rings. The molecule has 0 fully saturated rings. The summed E-state index contributed by atoms with van der Waals surface area (Å²) in [6.07, 6.45) is 1.31. The molecular formula is C8H15NO. The normalized spacial score (nSPS) is 13.0. The highest BCUT2D eigenvalue weighted by Gasteiger charge is 2.14. The predicted octanol–water partition coefficient (Wildman–Crippen LogP) is 2.57. The average molecular weight is 141 g/mol. The van der Waals surface area contributed by atoms with Crippen LogP contribution in [0.3, 0.4) is 0 Å². The Kier molecular flexibility index (Phi) is 3.13. The van der Waals surface area contributed by atoms with Crippen molar-refractivity contribution >= 4 is 5.71 Å². The van der Waals surface area contributed by atoms with Gasteiger partial charge in [-0.2, -0.15) is 0 Å². The van der Waals surface area contributed by atoms with Gasteiger partial charge in [0.05, 0.1) is 5.71 Å². The van der Waals surface area contributed by atoms with Gasteiger partial charge in [0.15, 0.2) is 0 Å². The highest BCUT2D eigenvalue weighted by molar-refractivity contribution is 5.86. The van der Waals surface area contributed by atoms with Crippen LogP contribution in [0, 0.1) is 5.41 Å². The van der Waals surface area contributed by atoms with Crippen molar-refractivity contribution in [1.82, 2.24) is 0 Å². The molecule has 2 nitrogen and oxygen atoms in total. The quantitative estimate of drug-likeness (QED) is 0.329. The van der Waals surface area contributed by atoms with Crippen LogP contribution in [0.5, 0.6) is 0 Å². The molecule has 0 unspecified atom stereocenters. The first-order chi connectivity index (χ1) is 4.48. The summed E-state index contributed by atoms with van der Waals surface area (Å²) in [5.41, 5.74) is 1.05. The average Bonchev–Trinajstić information content (AvgIpc) is 1.80. The van der Waals surface area contributed by atoms with Crippen LogP contribution in [-0.2, 0) is 4.84 Å². The standard InChI is InChI=1S/C8H15NO/c1-6-10-9-7(2)8(3,4)5/h6H,1H2,2-5H3/b9-7-. The lowest BCUT2D eigenvalue weighted by molar-refractivity contribution is 0.263. The first kappa shape index (κ1) is 9.21. The monoisotopic (exact) mass is 141 g/mol.